The summed E-state index contributed by atoms with van der Waals surface area (Å²) < 4.78 is 0. The topological polar surface area (TPSA) is 40.5 Å². The highest BCUT2D eigenvalue weighted by Crippen LogP contribution is 2.10. The van der Waals surface area contributed by atoms with E-state index in [4.69, 9.17) is 10.2 Å². The van der Waals surface area contributed by atoms with Crippen LogP contribution in [0.5, 0.6) is 0 Å². The van der Waals surface area contributed by atoms with E-state index in [-0.39, 0.29) is 11.5 Å². The number of allylic oxidation sites excluding steroid dienone is 7. The van der Waals surface area contributed by atoms with Gasteiger partial charge in [0.1, 0.15) is 11.5 Å². The lowest BCUT2D eigenvalue weighted by molar-refractivity contribution is 0.431. The third kappa shape index (κ3) is 10.3. The number of aliphatic hydroxyl groups is 2. The molecule has 0 fully saturated rings. The van der Waals surface area contributed by atoms with Gasteiger partial charge < -0.3 is 10.2 Å². The Balaban J connectivity index is 0. The van der Waals surface area contributed by atoms with Gasteiger partial charge >= 0.3 is 0 Å². The molecule has 0 aromatic heterocycles. The van der Waals surface area contributed by atoms with Crippen LogP contribution >= 0.6 is 0 Å². The van der Waals surface area contributed by atoms with Crippen molar-refractivity contribution < 1.29 is 10.2 Å². The molecule has 0 radical (unpaired) electrons. The van der Waals surface area contributed by atoms with E-state index in [0.29, 0.717) is 11.1 Å². The summed E-state index contributed by atoms with van der Waals surface area (Å²) in [7, 11) is 0. The van der Waals surface area contributed by atoms with E-state index in [0.717, 1.165) is 0 Å². The first kappa shape index (κ1) is 17.4. The largest absolute Gasteiger partial charge is 0.509 e. The maximum Gasteiger partial charge on any atom is 0.111 e. The summed E-state index contributed by atoms with van der Waals surface area (Å²) in [5.74, 6) is 0.128. The van der Waals surface area contributed by atoms with Crippen LogP contribution in [0.3, 0.4) is 0 Å². The van der Waals surface area contributed by atoms with E-state index in [2.05, 4.69) is 19.7 Å². The summed E-state index contributed by atoms with van der Waals surface area (Å²) in [6.07, 6.45) is 7.76. The molecule has 0 aliphatic rings. The summed E-state index contributed by atoms with van der Waals surface area (Å²) in [4.78, 5) is 0. The molecule has 0 rings (SSSR count). The molecule has 0 amide bonds. The summed E-state index contributed by atoms with van der Waals surface area (Å²) in [5, 5.41) is 18.0. The van der Waals surface area contributed by atoms with Gasteiger partial charge in [-0.15, -0.1) is 0 Å². The van der Waals surface area contributed by atoms with Crippen molar-refractivity contribution in [2.45, 2.75) is 20.8 Å². The Morgan fingerprint density at radius 2 is 1.24 bits per heavy atom. The third-order valence-electron chi connectivity index (χ3n) is 1.64. The molecule has 94 valence electrons. The molecule has 2 N–H and O–H groups in total. The van der Waals surface area contributed by atoms with Gasteiger partial charge in [0.05, 0.1) is 0 Å². The Kier molecular flexibility index (Phi) is 10.8. The van der Waals surface area contributed by atoms with Crippen LogP contribution in [0.2, 0.25) is 0 Å². The van der Waals surface area contributed by atoms with Gasteiger partial charge in [-0.1, -0.05) is 45.7 Å². The van der Waals surface area contributed by atoms with Gasteiger partial charge in [0.15, 0.2) is 0 Å². The minimum Gasteiger partial charge on any atom is -0.509 e. The van der Waals surface area contributed by atoms with Gasteiger partial charge in [-0.05, 0) is 36.3 Å². The van der Waals surface area contributed by atoms with Crippen LogP contribution in [0.15, 0.2) is 72.8 Å². The van der Waals surface area contributed by atoms with Crippen LogP contribution in [0, 0.1) is 0 Å². The maximum absolute atomic E-state index is 9.14. The molecule has 0 saturated carbocycles. The van der Waals surface area contributed by atoms with E-state index >= 15 is 0 Å². The first-order valence-electron chi connectivity index (χ1n) is 5.45. The summed E-state index contributed by atoms with van der Waals surface area (Å²) in [5.41, 5.74) is 1.30. The van der Waals surface area contributed by atoms with Crippen LogP contribution in [-0.4, -0.2) is 10.2 Å². The lowest BCUT2D eigenvalue weighted by Crippen LogP contribution is -1.80. The molecule has 0 aliphatic heterocycles. The molecule has 0 spiro atoms. The van der Waals surface area contributed by atoms with Crippen LogP contribution in [-0.2, 0) is 0 Å². The molecular weight excluding hydrogens is 212 g/mol. The van der Waals surface area contributed by atoms with Gasteiger partial charge in [0.2, 0.25) is 0 Å². The zero-order chi connectivity index (χ0) is 13.8. The second-order valence-corrected chi connectivity index (χ2v) is 2.92. The van der Waals surface area contributed by atoms with E-state index < -0.39 is 0 Å². The molecule has 0 aromatic rings. The van der Waals surface area contributed by atoms with Crippen molar-refractivity contribution in [2.75, 3.05) is 0 Å². The van der Waals surface area contributed by atoms with Crippen molar-refractivity contribution >= 4 is 0 Å². The molecule has 0 aromatic carbocycles. The molecule has 2 heteroatoms. The van der Waals surface area contributed by atoms with Gasteiger partial charge in [0.25, 0.3) is 0 Å². The van der Waals surface area contributed by atoms with E-state index in [1.807, 2.05) is 13.8 Å². The predicted molar refractivity (Wildman–Crippen MR) is 76.1 cm³/mol. The highest BCUT2D eigenvalue weighted by atomic mass is 16.3. The Morgan fingerprint density at radius 1 is 0.824 bits per heavy atom. The Bertz CT molecular complexity index is 355. The normalized spacial score (nSPS) is 11.1. The zero-order valence-corrected chi connectivity index (χ0v) is 10.9. The van der Waals surface area contributed by atoms with Gasteiger partial charge in [-0.2, -0.15) is 0 Å². The van der Waals surface area contributed by atoms with Gasteiger partial charge in [-0.3, -0.25) is 0 Å². The fourth-order valence-electron chi connectivity index (χ4n) is 0.693. The zero-order valence-electron chi connectivity index (χ0n) is 10.9. The van der Waals surface area contributed by atoms with Crippen molar-refractivity contribution in [3.8, 4) is 0 Å². The molecule has 0 saturated heterocycles. The van der Waals surface area contributed by atoms with Crippen molar-refractivity contribution in [1.82, 2.24) is 0 Å². The Labute approximate surface area is 104 Å². The second kappa shape index (κ2) is 10.6. The lowest BCUT2D eigenvalue weighted by Gasteiger charge is -1.98. The smallest absolute Gasteiger partial charge is 0.111 e. The summed E-state index contributed by atoms with van der Waals surface area (Å²) in [6, 6.07) is 0. The monoisotopic (exact) mass is 234 g/mol. The Hall–Kier alpha value is -1.96. The molecule has 17 heavy (non-hydrogen) atoms. The minimum atomic E-state index is -0.0377. The highest BCUT2D eigenvalue weighted by Gasteiger charge is 1.92. The fraction of sp³-hybridized carbons (Fsp3) is 0.200. The maximum atomic E-state index is 9.14. The number of hydrogen-bond donors (Lipinski definition) is 2. The van der Waals surface area contributed by atoms with Crippen LogP contribution in [0.4, 0.5) is 0 Å². The number of aliphatic hydroxyl groups excluding tert-OH is 2. The van der Waals surface area contributed by atoms with Gasteiger partial charge in [-0.25, -0.2) is 0 Å². The molecule has 0 bridgehead atoms. The van der Waals surface area contributed by atoms with Crippen LogP contribution < -0.4 is 0 Å². The summed E-state index contributed by atoms with van der Waals surface area (Å²) in [6.45, 7) is 16.5. The number of hydrogen-bond acceptors (Lipinski definition) is 2. The predicted octanol–water partition coefficient (Wildman–Crippen LogP) is 4.77. The second-order valence-electron chi connectivity index (χ2n) is 2.92. The molecule has 0 atom stereocenters. The van der Waals surface area contributed by atoms with E-state index in [9.17, 15) is 0 Å². The minimum absolute atomic E-state index is 0.0377. The lowest BCUT2D eigenvalue weighted by atomic mass is 10.1. The third-order valence-corrected chi connectivity index (χ3v) is 1.64. The average Bonchev–Trinajstić information content (AvgIpc) is 2.34. The molecule has 0 aliphatic carbocycles. The Morgan fingerprint density at radius 3 is 1.59 bits per heavy atom. The van der Waals surface area contributed by atoms with E-state index in [1.165, 1.54) is 12.2 Å². The van der Waals surface area contributed by atoms with Crippen LogP contribution in [0.1, 0.15) is 20.8 Å². The van der Waals surface area contributed by atoms with E-state index in [1.54, 1.807) is 25.2 Å². The quantitative estimate of drug-likeness (QED) is 0.531. The first-order valence-corrected chi connectivity index (χ1v) is 5.45. The van der Waals surface area contributed by atoms with Crippen molar-refractivity contribution in [2.24, 2.45) is 0 Å². The summed E-state index contributed by atoms with van der Waals surface area (Å²) >= 11 is 0. The van der Waals surface area contributed by atoms with Crippen molar-refractivity contribution in [3.63, 3.8) is 0 Å². The molecule has 0 heterocycles. The number of rotatable bonds is 5. The molecular formula is C15H22O2. The van der Waals surface area contributed by atoms with Gasteiger partial charge in [0, 0.05) is 0 Å². The highest BCUT2D eigenvalue weighted by molar-refractivity contribution is 5.44. The average molecular weight is 234 g/mol. The standard InChI is InChI=1S/C13H16O2.C2H6/c1-5-13(15)9-7-11(3)10(2)6-8-12(4)14;1-2/h5-9,14-15H,2-4H2,1H3;1-2H3/b8-6-,9-7-,13-5+;. The molecule has 2 nitrogen and oxygen atoms in total. The van der Waals surface area contributed by atoms with Crippen molar-refractivity contribution in [1.29, 1.82) is 0 Å². The SMILES string of the molecule is C=C(O)/C=C\C(=C)C(=C)/C=C\C(O)=C/C.CC. The van der Waals surface area contributed by atoms with Crippen molar-refractivity contribution in [3.05, 3.63) is 72.8 Å². The fourth-order valence-corrected chi connectivity index (χ4v) is 0.693. The molecule has 0 unspecified atom stereocenters. The first-order chi connectivity index (χ1) is 7.97. The van der Waals surface area contributed by atoms with Crippen LogP contribution in [0.25, 0.3) is 0 Å².